The van der Waals surface area contributed by atoms with Gasteiger partial charge in [0.1, 0.15) is 16.4 Å². The second-order valence-electron chi connectivity index (χ2n) is 5.72. The van der Waals surface area contributed by atoms with Gasteiger partial charge in [-0.25, -0.2) is 4.98 Å². The molecule has 4 nitrogen and oxygen atoms in total. The van der Waals surface area contributed by atoms with E-state index in [1.165, 1.54) is 10.4 Å². The lowest BCUT2D eigenvalue weighted by Crippen LogP contribution is -2.26. The average molecular weight is 304 g/mol. The van der Waals surface area contributed by atoms with Crippen LogP contribution in [0.15, 0.2) is 4.79 Å². The molecule has 2 aromatic rings. The summed E-state index contributed by atoms with van der Waals surface area (Å²) in [5, 5.41) is 0.816. The molecule has 0 amide bonds. The number of fused-ring (bicyclic) bond motifs is 3. The van der Waals surface area contributed by atoms with Gasteiger partial charge in [-0.1, -0.05) is 6.92 Å². The van der Waals surface area contributed by atoms with Crippen molar-refractivity contribution in [3.05, 3.63) is 26.6 Å². The molecule has 1 aliphatic carbocycles. The number of ketones is 1. The zero-order chi connectivity index (χ0) is 15.0. The van der Waals surface area contributed by atoms with E-state index in [0.29, 0.717) is 13.0 Å². The molecule has 0 saturated carbocycles. The smallest absolute Gasteiger partial charge is 0.262 e. The molecule has 0 spiro atoms. The first-order valence-corrected chi connectivity index (χ1v) is 8.46. The zero-order valence-corrected chi connectivity index (χ0v) is 13.4. The first-order valence-electron chi connectivity index (χ1n) is 7.65. The van der Waals surface area contributed by atoms with E-state index in [1.807, 2.05) is 0 Å². The van der Waals surface area contributed by atoms with Gasteiger partial charge in [-0.05, 0) is 38.2 Å². The van der Waals surface area contributed by atoms with Crippen LogP contribution in [0.2, 0.25) is 0 Å². The van der Waals surface area contributed by atoms with E-state index in [4.69, 9.17) is 4.98 Å². The number of carbonyl (C=O) groups is 1. The standard InChI is InChI=1S/C16H20N2O2S/c1-3-5-13-17-15-14(11-6-4-7-12(11)21-15)16(20)18(13)9-8-10(2)19/h3-9H2,1-2H3. The van der Waals surface area contributed by atoms with E-state index < -0.39 is 0 Å². The van der Waals surface area contributed by atoms with Gasteiger partial charge in [-0.3, -0.25) is 14.2 Å². The minimum Gasteiger partial charge on any atom is -0.300 e. The van der Waals surface area contributed by atoms with Gasteiger partial charge in [0.05, 0.1) is 5.39 Å². The molecule has 21 heavy (non-hydrogen) atoms. The molecule has 0 radical (unpaired) electrons. The van der Waals surface area contributed by atoms with E-state index >= 15 is 0 Å². The third kappa shape index (κ3) is 2.55. The van der Waals surface area contributed by atoms with Crippen molar-refractivity contribution in [2.75, 3.05) is 0 Å². The van der Waals surface area contributed by atoms with Crippen molar-refractivity contribution in [2.24, 2.45) is 0 Å². The van der Waals surface area contributed by atoms with E-state index in [1.54, 1.807) is 22.8 Å². The monoisotopic (exact) mass is 304 g/mol. The summed E-state index contributed by atoms with van der Waals surface area (Å²) in [6.07, 6.45) is 5.34. The van der Waals surface area contributed by atoms with Crippen LogP contribution in [-0.2, 0) is 30.6 Å². The number of hydrogen-bond donors (Lipinski definition) is 0. The number of thiophene rings is 1. The Kier molecular flexibility index (Phi) is 3.93. The largest absolute Gasteiger partial charge is 0.300 e. The molecule has 0 aliphatic heterocycles. The third-order valence-corrected chi connectivity index (χ3v) is 5.25. The summed E-state index contributed by atoms with van der Waals surface area (Å²) in [5.74, 6) is 0.941. The Morgan fingerprint density at radius 1 is 1.38 bits per heavy atom. The summed E-state index contributed by atoms with van der Waals surface area (Å²) in [6, 6.07) is 0. The number of rotatable bonds is 5. The molecule has 1 aliphatic rings. The van der Waals surface area contributed by atoms with Gasteiger partial charge in [-0.15, -0.1) is 11.3 Å². The van der Waals surface area contributed by atoms with Gasteiger partial charge < -0.3 is 0 Å². The average Bonchev–Trinajstić information content (AvgIpc) is 2.98. The van der Waals surface area contributed by atoms with Crippen molar-refractivity contribution < 1.29 is 4.79 Å². The topological polar surface area (TPSA) is 52.0 Å². The molecule has 0 aromatic carbocycles. The van der Waals surface area contributed by atoms with Crippen LogP contribution in [0.1, 0.15) is 49.4 Å². The van der Waals surface area contributed by atoms with Crippen molar-refractivity contribution in [1.29, 1.82) is 0 Å². The van der Waals surface area contributed by atoms with Crippen LogP contribution in [0.4, 0.5) is 0 Å². The van der Waals surface area contributed by atoms with Crippen molar-refractivity contribution >= 4 is 27.3 Å². The number of nitrogens with zero attached hydrogens (tertiary/aromatic N) is 2. The molecule has 5 heteroatoms. The minimum absolute atomic E-state index is 0.0594. The number of carbonyl (C=O) groups excluding carboxylic acids is 1. The summed E-state index contributed by atoms with van der Waals surface area (Å²) < 4.78 is 1.73. The summed E-state index contributed by atoms with van der Waals surface area (Å²) in [6.45, 7) is 4.11. The van der Waals surface area contributed by atoms with Crippen LogP contribution in [0, 0.1) is 0 Å². The lowest BCUT2D eigenvalue weighted by atomic mass is 10.2. The van der Waals surface area contributed by atoms with Crippen LogP contribution >= 0.6 is 11.3 Å². The second kappa shape index (κ2) is 5.72. The molecule has 2 heterocycles. The van der Waals surface area contributed by atoms with Gasteiger partial charge in [0.25, 0.3) is 5.56 Å². The predicted molar refractivity (Wildman–Crippen MR) is 85.2 cm³/mol. The Morgan fingerprint density at radius 2 is 2.19 bits per heavy atom. The molecular weight excluding hydrogens is 284 g/mol. The molecule has 0 saturated heterocycles. The normalized spacial score (nSPS) is 13.8. The van der Waals surface area contributed by atoms with E-state index in [0.717, 1.165) is 48.1 Å². The molecular formula is C16H20N2O2S. The van der Waals surface area contributed by atoms with Crippen LogP contribution in [-0.4, -0.2) is 15.3 Å². The molecule has 0 N–H and O–H groups in total. The summed E-state index contributed by atoms with van der Waals surface area (Å²) in [7, 11) is 0. The lowest BCUT2D eigenvalue weighted by Gasteiger charge is -2.11. The van der Waals surface area contributed by atoms with Crippen LogP contribution in [0.3, 0.4) is 0 Å². The number of Topliss-reactive ketones (excluding diaryl/α,β-unsaturated/α-hetero) is 1. The maximum atomic E-state index is 12.9. The highest BCUT2D eigenvalue weighted by atomic mass is 32.1. The maximum absolute atomic E-state index is 12.9. The van der Waals surface area contributed by atoms with Crippen LogP contribution in [0.25, 0.3) is 10.2 Å². The summed E-state index contributed by atoms with van der Waals surface area (Å²) in [5.41, 5.74) is 1.27. The highest BCUT2D eigenvalue weighted by molar-refractivity contribution is 7.18. The van der Waals surface area contributed by atoms with Crippen molar-refractivity contribution in [3.63, 3.8) is 0 Å². The summed E-state index contributed by atoms with van der Waals surface area (Å²) in [4.78, 5) is 31.1. The van der Waals surface area contributed by atoms with Crippen LogP contribution in [0.5, 0.6) is 0 Å². The quantitative estimate of drug-likeness (QED) is 0.853. The molecule has 3 rings (SSSR count). The zero-order valence-electron chi connectivity index (χ0n) is 12.6. The highest BCUT2D eigenvalue weighted by Crippen LogP contribution is 2.34. The minimum atomic E-state index is 0.0594. The van der Waals surface area contributed by atoms with E-state index in [-0.39, 0.29) is 11.3 Å². The molecule has 0 bridgehead atoms. The third-order valence-electron chi connectivity index (χ3n) is 4.06. The molecule has 112 valence electrons. The van der Waals surface area contributed by atoms with Crippen LogP contribution < -0.4 is 5.56 Å². The number of aromatic nitrogens is 2. The van der Waals surface area contributed by atoms with Crippen molar-refractivity contribution in [2.45, 2.75) is 58.9 Å². The number of aryl methyl sites for hydroxylation is 3. The fraction of sp³-hybridized carbons (Fsp3) is 0.562. The molecule has 2 aromatic heterocycles. The van der Waals surface area contributed by atoms with Gasteiger partial charge in [0, 0.05) is 24.3 Å². The van der Waals surface area contributed by atoms with Crippen molar-refractivity contribution in [3.8, 4) is 0 Å². The summed E-state index contributed by atoms with van der Waals surface area (Å²) >= 11 is 1.68. The molecule has 0 atom stereocenters. The first-order chi connectivity index (χ1) is 10.1. The van der Waals surface area contributed by atoms with Crippen molar-refractivity contribution in [1.82, 2.24) is 9.55 Å². The molecule has 0 unspecified atom stereocenters. The maximum Gasteiger partial charge on any atom is 0.262 e. The van der Waals surface area contributed by atoms with Gasteiger partial charge in [-0.2, -0.15) is 0 Å². The molecule has 0 fully saturated rings. The lowest BCUT2D eigenvalue weighted by molar-refractivity contribution is -0.117. The first kappa shape index (κ1) is 14.4. The Balaban J connectivity index is 2.17. The fourth-order valence-corrected chi connectivity index (χ4v) is 4.30. The SMILES string of the molecule is CCCc1nc2sc3c(c2c(=O)n1CCC(C)=O)CCC3. The van der Waals surface area contributed by atoms with Gasteiger partial charge >= 0.3 is 0 Å². The fourth-order valence-electron chi connectivity index (χ4n) is 3.03. The van der Waals surface area contributed by atoms with E-state index in [2.05, 4.69) is 6.92 Å². The van der Waals surface area contributed by atoms with E-state index in [9.17, 15) is 9.59 Å². The Labute approximate surface area is 127 Å². The Bertz CT molecular complexity index is 758. The highest BCUT2D eigenvalue weighted by Gasteiger charge is 2.22. The second-order valence-corrected chi connectivity index (χ2v) is 6.81. The number of hydrogen-bond acceptors (Lipinski definition) is 4. The van der Waals surface area contributed by atoms with Gasteiger partial charge in [0.2, 0.25) is 0 Å². The Hall–Kier alpha value is -1.49. The Morgan fingerprint density at radius 3 is 2.90 bits per heavy atom. The van der Waals surface area contributed by atoms with Gasteiger partial charge in [0.15, 0.2) is 0 Å². The predicted octanol–water partition coefficient (Wildman–Crippen LogP) is 2.88.